The van der Waals surface area contributed by atoms with Crippen molar-refractivity contribution in [3.05, 3.63) is 82.6 Å². The maximum absolute atomic E-state index is 4.66. The van der Waals surface area contributed by atoms with Gasteiger partial charge < -0.3 is 9.47 Å². The molecule has 0 N–H and O–H groups in total. The quantitative estimate of drug-likeness (QED) is 0.417. The maximum Gasteiger partial charge on any atom is 0.117 e. The number of anilines is 1. The van der Waals surface area contributed by atoms with Crippen LogP contribution in [0.5, 0.6) is 0 Å². The van der Waals surface area contributed by atoms with Gasteiger partial charge in [-0.2, -0.15) is 0 Å². The van der Waals surface area contributed by atoms with E-state index in [0.717, 1.165) is 16.2 Å². The van der Waals surface area contributed by atoms with E-state index in [1.165, 1.54) is 21.6 Å². The molecule has 0 spiro atoms. The summed E-state index contributed by atoms with van der Waals surface area (Å²) in [5.41, 5.74) is 5.78. The first-order chi connectivity index (χ1) is 13.6. The second kappa shape index (κ2) is 7.87. The molecule has 0 aliphatic rings. The summed E-state index contributed by atoms with van der Waals surface area (Å²) in [5.74, 6) is 0. The van der Waals surface area contributed by atoms with E-state index in [0.29, 0.717) is 0 Å². The van der Waals surface area contributed by atoms with Gasteiger partial charge in [-0.3, -0.25) is 0 Å². The van der Waals surface area contributed by atoms with Gasteiger partial charge in [-0.15, -0.1) is 11.3 Å². The Bertz CT molecular complexity index is 1110. The Labute approximate surface area is 169 Å². The maximum atomic E-state index is 4.66. The smallest absolute Gasteiger partial charge is 0.117 e. The minimum Gasteiger partial charge on any atom is -0.378 e. The number of rotatable bonds is 5. The Morgan fingerprint density at radius 2 is 1.50 bits per heavy atom. The molecule has 0 saturated heterocycles. The van der Waals surface area contributed by atoms with Crippen LogP contribution >= 0.6 is 11.3 Å². The normalized spacial score (nSPS) is 11.8. The lowest BCUT2D eigenvalue weighted by Gasteiger charge is -2.11. The van der Waals surface area contributed by atoms with Crippen molar-refractivity contribution >= 4 is 51.5 Å². The van der Waals surface area contributed by atoms with Gasteiger partial charge in [0.15, 0.2) is 0 Å². The van der Waals surface area contributed by atoms with E-state index in [2.05, 4.69) is 114 Å². The molecule has 140 valence electrons. The van der Waals surface area contributed by atoms with Crippen molar-refractivity contribution < 1.29 is 0 Å². The molecule has 4 heteroatoms. The zero-order valence-corrected chi connectivity index (χ0v) is 17.1. The van der Waals surface area contributed by atoms with E-state index in [-0.39, 0.29) is 0 Å². The van der Waals surface area contributed by atoms with Crippen molar-refractivity contribution in [3.8, 4) is 0 Å². The number of benzene rings is 2. The van der Waals surface area contributed by atoms with E-state index >= 15 is 0 Å². The van der Waals surface area contributed by atoms with Crippen molar-refractivity contribution in [1.82, 2.24) is 9.55 Å². The molecule has 0 fully saturated rings. The zero-order valence-electron chi connectivity index (χ0n) is 16.3. The van der Waals surface area contributed by atoms with E-state index < -0.39 is 0 Å². The summed E-state index contributed by atoms with van der Waals surface area (Å²) < 4.78 is 3.41. The van der Waals surface area contributed by atoms with Crippen molar-refractivity contribution in [3.63, 3.8) is 0 Å². The predicted molar refractivity (Wildman–Crippen MR) is 124 cm³/mol. The van der Waals surface area contributed by atoms with Gasteiger partial charge in [-0.05, 0) is 60.2 Å². The number of hydrogen-bond acceptors (Lipinski definition) is 3. The Kier molecular flexibility index (Phi) is 5.13. The molecule has 0 radical (unpaired) electrons. The molecule has 0 aliphatic heterocycles. The van der Waals surface area contributed by atoms with Gasteiger partial charge in [-0.25, -0.2) is 4.98 Å². The molecule has 3 nitrogen and oxygen atoms in total. The first kappa shape index (κ1) is 18.3. The summed E-state index contributed by atoms with van der Waals surface area (Å²) in [4.78, 5) is 6.77. The number of nitrogens with zero attached hydrogens (tertiary/aromatic N) is 3. The van der Waals surface area contributed by atoms with Crippen LogP contribution in [0.4, 0.5) is 5.69 Å². The second-order valence-corrected chi connectivity index (χ2v) is 7.98. The monoisotopic (exact) mass is 385 g/mol. The third-order valence-corrected chi connectivity index (χ3v) is 5.76. The molecular formula is C24H23N3S. The average Bonchev–Trinajstić information content (AvgIpc) is 3.28. The Morgan fingerprint density at radius 3 is 2.18 bits per heavy atom. The van der Waals surface area contributed by atoms with Crippen molar-refractivity contribution in [1.29, 1.82) is 0 Å². The van der Waals surface area contributed by atoms with Gasteiger partial charge in [0.2, 0.25) is 0 Å². The van der Waals surface area contributed by atoms with Crippen LogP contribution in [0.2, 0.25) is 0 Å². The largest absolute Gasteiger partial charge is 0.378 e. The summed E-state index contributed by atoms with van der Waals surface area (Å²) in [5, 5.41) is 1.03. The fourth-order valence-electron chi connectivity index (χ4n) is 3.06. The fourth-order valence-corrected chi connectivity index (χ4v) is 3.93. The lowest BCUT2D eigenvalue weighted by atomic mass is 10.2. The van der Waals surface area contributed by atoms with Crippen LogP contribution in [-0.4, -0.2) is 23.6 Å². The van der Waals surface area contributed by atoms with E-state index in [4.69, 9.17) is 0 Å². The Morgan fingerprint density at radius 1 is 0.821 bits per heavy atom. The van der Waals surface area contributed by atoms with Crippen molar-refractivity contribution in [2.24, 2.45) is 7.05 Å². The number of para-hydroxylation sites is 1. The van der Waals surface area contributed by atoms with Crippen LogP contribution in [0, 0.1) is 0 Å². The average molecular weight is 386 g/mol. The second-order valence-electron chi connectivity index (χ2n) is 6.91. The lowest BCUT2D eigenvalue weighted by Crippen LogP contribution is -2.07. The van der Waals surface area contributed by atoms with Gasteiger partial charge >= 0.3 is 0 Å². The molecule has 4 aromatic rings. The molecular weight excluding hydrogens is 362 g/mol. The first-order valence-corrected chi connectivity index (χ1v) is 10.1. The van der Waals surface area contributed by atoms with Crippen molar-refractivity contribution in [2.45, 2.75) is 0 Å². The van der Waals surface area contributed by atoms with Crippen LogP contribution in [0.15, 0.2) is 60.7 Å². The highest BCUT2D eigenvalue weighted by molar-refractivity contribution is 7.19. The molecule has 0 unspecified atom stereocenters. The first-order valence-electron chi connectivity index (χ1n) is 9.25. The Hall–Kier alpha value is -3.11. The minimum absolute atomic E-state index is 1.03. The zero-order chi connectivity index (χ0) is 19.5. The number of thiazole rings is 1. The molecule has 0 amide bonds. The summed E-state index contributed by atoms with van der Waals surface area (Å²) >= 11 is 1.72. The van der Waals surface area contributed by atoms with Crippen molar-refractivity contribution in [2.75, 3.05) is 19.0 Å². The standard InChI is InChI=1S/C24H23N3S/c1-26(2)19-11-8-18(9-12-19)10-13-20-14-15-21(27(20)3)16-17-24-25-22-6-4-5-7-23(22)28-24/h4-17H,1-3H3/b13-10+,17-16+. The SMILES string of the molecule is CN(C)c1ccc(/C=C/c2ccc(/C=C/c3nc4ccccc4s3)n2C)cc1. The number of aromatic nitrogens is 2. The van der Waals surface area contributed by atoms with Crippen LogP contribution in [0.25, 0.3) is 34.5 Å². The highest BCUT2D eigenvalue weighted by Crippen LogP contribution is 2.23. The van der Waals surface area contributed by atoms with E-state index in [9.17, 15) is 0 Å². The summed E-state index contributed by atoms with van der Waals surface area (Å²) in [6.07, 6.45) is 8.52. The van der Waals surface area contributed by atoms with Crippen LogP contribution < -0.4 is 4.90 Å². The molecule has 0 saturated carbocycles. The predicted octanol–water partition coefficient (Wildman–Crippen LogP) is 6.04. The van der Waals surface area contributed by atoms with Crippen LogP contribution in [-0.2, 0) is 7.05 Å². The van der Waals surface area contributed by atoms with E-state index in [1.807, 2.05) is 6.07 Å². The van der Waals surface area contributed by atoms with Gasteiger partial charge in [0.25, 0.3) is 0 Å². The minimum atomic E-state index is 1.03. The van der Waals surface area contributed by atoms with Gasteiger partial charge in [0.05, 0.1) is 10.2 Å². The Balaban J connectivity index is 1.50. The lowest BCUT2D eigenvalue weighted by molar-refractivity contribution is 0.903. The van der Waals surface area contributed by atoms with Gasteiger partial charge in [-0.1, -0.05) is 30.3 Å². The molecule has 0 bridgehead atoms. The molecule has 0 atom stereocenters. The molecule has 2 aromatic carbocycles. The topological polar surface area (TPSA) is 21.1 Å². The van der Waals surface area contributed by atoms with Crippen LogP contribution in [0.1, 0.15) is 22.0 Å². The molecule has 28 heavy (non-hydrogen) atoms. The van der Waals surface area contributed by atoms with Crippen LogP contribution in [0.3, 0.4) is 0 Å². The van der Waals surface area contributed by atoms with Gasteiger partial charge in [0, 0.05) is 38.2 Å². The van der Waals surface area contributed by atoms with E-state index in [1.54, 1.807) is 11.3 Å². The summed E-state index contributed by atoms with van der Waals surface area (Å²) in [6, 6.07) is 21.1. The molecule has 2 aromatic heterocycles. The molecule has 0 aliphatic carbocycles. The molecule has 2 heterocycles. The fraction of sp³-hybridized carbons (Fsp3) is 0.125. The summed E-state index contributed by atoms with van der Waals surface area (Å²) in [6.45, 7) is 0. The summed E-state index contributed by atoms with van der Waals surface area (Å²) in [7, 11) is 6.20. The highest BCUT2D eigenvalue weighted by Gasteiger charge is 2.02. The molecule has 4 rings (SSSR count). The van der Waals surface area contributed by atoms with Gasteiger partial charge in [0.1, 0.15) is 5.01 Å². The third-order valence-electron chi connectivity index (χ3n) is 4.76. The number of fused-ring (bicyclic) bond motifs is 1. The third kappa shape index (κ3) is 3.92. The number of hydrogen-bond donors (Lipinski definition) is 0. The highest BCUT2D eigenvalue weighted by atomic mass is 32.1.